The molecule has 0 bridgehead atoms. The standard InChI is InChI=1S/C13H15BrFN3/c1-3-6-16-13-17-9(2)8-18(13)10-4-5-12(15)11(14)7-10/h4-5,7-8H,3,6H2,1-2H3,(H,16,17). The highest BCUT2D eigenvalue weighted by atomic mass is 79.9. The summed E-state index contributed by atoms with van der Waals surface area (Å²) in [6, 6.07) is 4.92. The minimum Gasteiger partial charge on any atom is -0.355 e. The molecule has 0 saturated heterocycles. The summed E-state index contributed by atoms with van der Waals surface area (Å²) in [6.07, 6.45) is 2.96. The molecule has 0 radical (unpaired) electrons. The van der Waals surface area contributed by atoms with Crippen molar-refractivity contribution in [2.45, 2.75) is 20.3 Å². The van der Waals surface area contributed by atoms with Gasteiger partial charge in [0, 0.05) is 18.4 Å². The Morgan fingerprint density at radius 1 is 1.44 bits per heavy atom. The van der Waals surface area contributed by atoms with Gasteiger partial charge in [0.1, 0.15) is 5.82 Å². The van der Waals surface area contributed by atoms with E-state index in [2.05, 4.69) is 33.2 Å². The maximum absolute atomic E-state index is 13.2. The van der Waals surface area contributed by atoms with Crippen molar-refractivity contribution in [3.63, 3.8) is 0 Å². The van der Waals surface area contributed by atoms with Crippen LogP contribution < -0.4 is 5.32 Å². The fraction of sp³-hybridized carbons (Fsp3) is 0.308. The Labute approximate surface area is 114 Å². The van der Waals surface area contributed by atoms with Gasteiger partial charge < -0.3 is 5.32 Å². The second-order valence-electron chi connectivity index (χ2n) is 4.10. The first-order valence-electron chi connectivity index (χ1n) is 5.87. The van der Waals surface area contributed by atoms with Gasteiger partial charge in [-0.3, -0.25) is 4.57 Å². The fourth-order valence-corrected chi connectivity index (χ4v) is 2.06. The van der Waals surface area contributed by atoms with E-state index in [1.807, 2.05) is 17.7 Å². The summed E-state index contributed by atoms with van der Waals surface area (Å²) in [4.78, 5) is 4.42. The number of nitrogens with zero attached hydrogens (tertiary/aromatic N) is 2. The zero-order valence-electron chi connectivity index (χ0n) is 10.4. The van der Waals surface area contributed by atoms with E-state index < -0.39 is 0 Å². The van der Waals surface area contributed by atoms with Crippen molar-refractivity contribution in [3.8, 4) is 5.69 Å². The van der Waals surface area contributed by atoms with Crippen LogP contribution in [0.1, 0.15) is 19.0 Å². The third-order valence-electron chi connectivity index (χ3n) is 2.54. The molecule has 0 saturated carbocycles. The first kappa shape index (κ1) is 13.1. The molecule has 3 nitrogen and oxygen atoms in total. The summed E-state index contributed by atoms with van der Waals surface area (Å²) in [5.41, 5.74) is 1.80. The van der Waals surface area contributed by atoms with Crippen molar-refractivity contribution < 1.29 is 4.39 Å². The Kier molecular flexibility index (Phi) is 4.01. The number of nitrogens with one attached hydrogen (secondary N) is 1. The van der Waals surface area contributed by atoms with E-state index in [4.69, 9.17) is 0 Å². The molecule has 0 fully saturated rings. The number of hydrogen-bond donors (Lipinski definition) is 1. The van der Waals surface area contributed by atoms with E-state index in [0.29, 0.717) is 4.47 Å². The monoisotopic (exact) mass is 311 g/mol. The zero-order valence-corrected chi connectivity index (χ0v) is 12.0. The van der Waals surface area contributed by atoms with E-state index in [9.17, 15) is 4.39 Å². The summed E-state index contributed by atoms with van der Waals surface area (Å²) in [5, 5.41) is 3.26. The quantitative estimate of drug-likeness (QED) is 0.928. The van der Waals surface area contributed by atoms with Gasteiger partial charge in [-0.1, -0.05) is 6.92 Å². The molecular weight excluding hydrogens is 297 g/mol. The minimum atomic E-state index is -0.265. The molecule has 0 amide bonds. The van der Waals surface area contributed by atoms with Gasteiger partial charge in [-0.05, 0) is 47.5 Å². The molecule has 1 N–H and O–H groups in total. The van der Waals surface area contributed by atoms with Crippen LogP contribution in [-0.2, 0) is 0 Å². The van der Waals surface area contributed by atoms with Crippen LogP contribution in [0.5, 0.6) is 0 Å². The number of halogens is 2. The van der Waals surface area contributed by atoms with Crippen LogP contribution in [0, 0.1) is 12.7 Å². The van der Waals surface area contributed by atoms with Gasteiger partial charge in [0.2, 0.25) is 5.95 Å². The number of imidazole rings is 1. The molecule has 2 aromatic rings. The highest BCUT2D eigenvalue weighted by Gasteiger charge is 2.08. The molecule has 2 rings (SSSR count). The van der Waals surface area contributed by atoms with E-state index in [0.717, 1.165) is 30.3 Å². The second-order valence-corrected chi connectivity index (χ2v) is 4.96. The lowest BCUT2D eigenvalue weighted by molar-refractivity contribution is 0.620. The number of anilines is 1. The Balaban J connectivity index is 2.39. The third-order valence-corrected chi connectivity index (χ3v) is 3.15. The lowest BCUT2D eigenvalue weighted by atomic mass is 10.3. The van der Waals surface area contributed by atoms with Crippen molar-refractivity contribution in [1.82, 2.24) is 9.55 Å². The van der Waals surface area contributed by atoms with Crippen LogP contribution in [0.2, 0.25) is 0 Å². The molecule has 1 heterocycles. The van der Waals surface area contributed by atoms with Crippen LogP contribution in [0.3, 0.4) is 0 Å². The minimum absolute atomic E-state index is 0.265. The Bertz CT molecular complexity index is 551. The Morgan fingerprint density at radius 3 is 2.89 bits per heavy atom. The fourth-order valence-electron chi connectivity index (χ4n) is 1.69. The van der Waals surface area contributed by atoms with Crippen molar-refractivity contribution >= 4 is 21.9 Å². The average Bonchev–Trinajstić information content (AvgIpc) is 2.71. The molecule has 0 aliphatic carbocycles. The topological polar surface area (TPSA) is 29.9 Å². The molecular formula is C13H15BrFN3. The first-order valence-corrected chi connectivity index (χ1v) is 6.66. The highest BCUT2D eigenvalue weighted by molar-refractivity contribution is 9.10. The predicted molar refractivity (Wildman–Crippen MR) is 74.7 cm³/mol. The Hall–Kier alpha value is -1.36. The van der Waals surface area contributed by atoms with Crippen molar-refractivity contribution in [3.05, 3.63) is 40.4 Å². The summed E-state index contributed by atoms with van der Waals surface area (Å²) in [6.45, 7) is 4.90. The maximum atomic E-state index is 13.2. The van der Waals surface area contributed by atoms with Crippen molar-refractivity contribution in [1.29, 1.82) is 0 Å². The van der Waals surface area contributed by atoms with Crippen LogP contribution in [0.25, 0.3) is 5.69 Å². The summed E-state index contributed by atoms with van der Waals surface area (Å²) in [7, 11) is 0. The van der Waals surface area contributed by atoms with Gasteiger partial charge >= 0.3 is 0 Å². The van der Waals surface area contributed by atoms with Gasteiger partial charge in [-0.2, -0.15) is 0 Å². The van der Waals surface area contributed by atoms with Gasteiger partial charge in [0.15, 0.2) is 0 Å². The lowest BCUT2D eigenvalue weighted by Crippen LogP contribution is -2.06. The third kappa shape index (κ3) is 2.72. The van der Waals surface area contributed by atoms with Crippen LogP contribution in [-0.4, -0.2) is 16.1 Å². The van der Waals surface area contributed by atoms with E-state index in [1.165, 1.54) is 6.07 Å². The molecule has 18 heavy (non-hydrogen) atoms. The van der Waals surface area contributed by atoms with Gasteiger partial charge in [0.05, 0.1) is 10.2 Å². The normalized spacial score (nSPS) is 10.7. The highest BCUT2D eigenvalue weighted by Crippen LogP contribution is 2.22. The smallest absolute Gasteiger partial charge is 0.207 e. The summed E-state index contributed by atoms with van der Waals surface area (Å²) < 4.78 is 15.6. The average molecular weight is 312 g/mol. The number of aryl methyl sites for hydroxylation is 1. The van der Waals surface area contributed by atoms with Gasteiger partial charge in [-0.15, -0.1) is 0 Å². The SMILES string of the molecule is CCCNc1nc(C)cn1-c1ccc(F)c(Br)c1. The molecule has 1 aromatic heterocycles. The molecule has 0 atom stereocenters. The molecule has 0 spiro atoms. The van der Waals surface area contributed by atoms with Crippen molar-refractivity contribution in [2.24, 2.45) is 0 Å². The maximum Gasteiger partial charge on any atom is 0.207 e. The van der Waals surface area contributed by atoms with Crippen LogP contribution >= 0.6 is 15.9 Å². The molecule has 0 unspecified atom stereocenters. The molecule has 5 heteroatoms. The van der Waals surface area contributed by atoms with E-state index >= 15 is 0 Å². The van der Waals surface area contributed by atoms with Crippen LogP contribution in [0.4, 0.5) is 10.3 Å². The predicted octanol–water partition coefficient (Wildman–Crippen LogP) is 3.90. The number of aromatic nitrogens is 2. The molecule has 0 aliphatic rings. The summed E-state index contributed by atoms with van der Waals surface area (Å²) >= 11 is 3.20. The summed E-state index contributed by atoms with van der Waals surface area (Å²) in [5.74, 6) is 0.520. The number of rotatable bonds is 4. The number of benzene rings is 1. The van der Waals surface area contributed by atoms with Gasteiger partial charge in [-0.25, -0.2) is 9.37 Å². The molecule has 0 aliphatic heterocycles. The van der Waals surface area contributed by atoms with E-state index in [1.54, 1.807) is 12.1 Å². The first-order chi connectivity index (χ1) is 8.61. The van der Waals surface area contributed by atoms with Gasteiger partial charge in [0.25, 0.3) is 0 Å². The Morgan fingerprint density at radius 2 is 2.22 bits per heavy atom. The lowest BCUT2D eigenvalue weighted by Gasteiger charge is -2.09. The largest absolute Gasteiger partial charge is 0.355 e. The molecule has 96 valence electrons. The molecule has 1 aromatic carbocycles. The number of hydrogen-bond acceptors (Lipinski definition) is 2. The van der Waals surface area contributed by atoms with E-state index in [-0.39, 0.29) is 5.82 Å². The second kappa shape index (κ2) is 5.52. The van der Waals surface area contributed by atoms with Crippen LogP contribution in [0.15, 0.2) is 28.9 Å². The zero-order chi connectivity index (χ0) is 13.1. The van der Waals surface area contributed by atoms with Crippen molar-refractivity contribution in [2.75, 3.05) is 11.9 Å².